The molecule has 0 spiro atoms. The Morgan fingerprint density at radius 3 is 2.50 bits per heavy atom. The molecular formula is C20H26N2O2. The minimum atomic E-state index is -0.129. The van der Waals surface area contributed by atoms with Gasteiger partial charge in [0.05, 0.1) is 5.92 Å². The van der Waals surface area contributed by atoms with E-state index in [9.17, 15) is 9.59 Å². The molecule has 1 amide bonds. The fourth-order valence-corrected chi connectivity index (χ4v) is 2.85. The zero-order chi connectivity index (χ0) is 17.4. The van der Waals surface area contributed by atoms with Crippen molar-refractivity contribution in [1.82, 2.24) is 9.88 Å². The highest BCUT2D eigenvalue weighted by Crippen LogP contribution is 2.27. The lowest BCUT2D eigenvalue weighted by molar-refractivity contribution is -0.123. The van der Waals surface area contributed by atoms with Crippen molar-refractivity contribution >= 4 is 5.91 Å². The van der Waals surface area contributed by atoms with Gasteiger partial charge in [-0.3, -0.25) is 9.59 Å². The molecule has 0 saturated heterocycles. The van der Waals surface area contributed by atoms with Crippen molar-refractivity contribution in [3.05, 3.63) is 70.6 Å². The van der Waals surface area contributed by atoms with E-state index in [1.165, 1.54) is 0 Å². The average Bonchev–Trinajstić information content (AvgIpc) is 2.61. The monoisotopic (exact) mass is 326 g/mol. The molecule has 24 heavy (non-hydrogen) atoms. The average molecular weight is 326 g/mol. The number of aryl methyl sites for hydroxylation is 1. The van der Waals surface area contributed by atoms with Crippen LogP contribution in [0.2, 0.25) is 0 Å². The molecule has 1 aromatic carbocycles. The van der Waals surface area contributed by atoms with Gasteiger partial charge in [-0.05, 0) is 24.0 Å². The van der Waals surface area contributed by atoms with E-state index in [1.54, 1.807) is 22.9 Å². The van der Waals surface area contributed by atoms with Gasteiger partial charge in [-0.1, -0.05) is 56.7 Å². The number of carbonyl (C=O) groups excluding carboxylic acids is 1. The van der Waals surface area contributed by atoms with Crippen LogP contribution in [-0.4, -0.2) is 17.0 Å². The molecule has 0 saturated carbocycles. The standard InChI is InChI=1S/C20H26N2O2/c1-3-16(2)19(17-10-5-4-6-11-17)20(24)21-13-9-15-22-14-8-7-12-18(22)23/h4-8,10-12,14,16,19H,3,9,13,15H2,1-2H3,(H,21,24)/t16-,19+/m0/s1. The summed E-state index contributed by atoms with van der Waals surface area (Å²) in [7, 11) is 0. The predicted octanol–water partition coefficient (Wildman–Crippen LogP) is 3.18. The van der Waals surface area contributed by atoms with Gasteiger partial charge in [-0.15, -0.1) is 0 Å². The van der Waals surface area contributed by atoms with E-state index < -0.39 is 0 Å². The van der Waals surface area contributed by atoms with Crippen molar-refractivity contribution in [3.8, 4) is 0 Å². The number of carbonyl (C=O) groups is 1. The van der Waals surface area contributed by atoms with Crippen LogP contribution in [-0.2, 0) is 11.3 Å². The zero-order valence-electron chi connectivity index (χ0n) is 14.4. The molecule has 0 fully saturated rings. The Labute approximate surface area is 143 Å². The summed E-state index contributed by atoms with van der Waals surface area (Å²) in [6.07, 6.45) is 3.46. The fraction of sp³-hybridized carbons (Fsp3) is 0.400. The number of benzene rings is 1. The Hall–Kier alpha value is -2.36. The van der Waals surface area contributed by atoms with Crippen LogP contribution in [0.5, 0.6) is 0 Å². The first-order valence-corrected chi connectivity index (χ1v) is 8.61. The minimum absolute atomic E-state index is 0.00871. The number of nitrogens with one attached hydrogen (secondary N) is 1. The number of nitrogens with zero attached hydrogens (tertiary/aromatic N) is 1. The molecule has 1 heterocycles. The highest BCUT2D eigenvalue weighted by Gasteiger charge is 2.25. The molecule has 2 rings (SSSR count). The summed E-state index contributed by atoms with van der Waals surface area (Å²) in [5.74, 6) is 0.218. The molecule has 0 aliphatic carbocycles. The first-order valence-electron chi connectivity index (χ1n) is 8.61. The van der Waals surface area contributed by atoms with Gasteiger partial charge in [0.2, 0.25) is 11.5 Å². The van der Waals surface area contributed by atoms with Crippen LogP contribution in [0, 0.1) is 5.92 Å². The summed E-state index contributed by atoms with van der Waals surface area (Å²) >= 11 is 0. The lowest BCUT2D eigenvalue weighted by Gasteiger charge is -2.22. The van der Waals surface area contributed by atoms with Crippen LogP contribution >= 0.6 is 0 Å². The Balaban J connectivity index is 1.91. The predicted molar refractivity (Wildman–Crippen MR) is 97.0 cm³/mol. The summed E-state index contributed by atoms with van der Waals surface area (Å²) < 4.78 is 1.66. The van der Waals surface area contributed by atoms with Crippen LogP contribution in [0.15, 0.2) is 59.5 Å². The van der Waals surface area contributed by atoms with Gasteiger partial charge in [-0.2, -0.15) is 0 Å². The molecule has 0 unspecified atom stereocenters. The molecule has 0 radical (unpaired) electrons. The van der Waals surface area contributed by atoms with Crippen molar-refractivity contribution in [1.29, 1.82) is 0 Å². The summed E-state index contributed by atoms with van der Waals surface area (Å²) in [6, 6.07) is 15.1. The van der Waals surface area contributed by atoms with E-state index in [-0.39, 0.29) is 23.3 Å². The zero-order valence-corrected chi connectivity index (χ0v) is 14.4. The van der Waals surface area contributed by atoms with E-state index in [4.69, 9.17) is 0 Å². The topological polar surface area (TPSA) is 51.1 Å². The van der Waals surface area contributed by atoms with Gasteiger partial charge in [-0.25, -0.2) is 0 Å². The summed E-state index contributed by atoms with van der Waals surface area (Å²) in [4.78, 5) is 24.3. The summed E-state index contributed by atoms with van der Waals surface area (Å²) in [5.41, 5.74) is 1.05. The van der Waals surface area contributed by atoms with Crippen LogP contribution in [0.1, 0.15) is 38.2 Å². The lowest BCUT2D eigenvalue weighted by Crippen LogP contribution is -2.34. The molecule has 1 N–H and O–H groups in total. The van der Waals surface area contributed by atoms with Gasteiger partial charge >= 0.3 is 0 Å². The fourth-order valence-electron chi connectivity index (χ4n) is 2.85. The number of aromatic nitrogens is 1. The maximum Gasteiger partial charge on any atom is 0.250 e. The Morgan fingerprint density at radius 2 is 1.83 bits per heavy atom. The minimum Gasteiger partial charge on any atom is -0.355 e. The van der Waals surface area contributed by atoms with Gasteiger partial charge in [0.25, 0.3) is 0 Å². The van der Waals surface area contributed by atoms with Crippen LogP contribution in [0.4, 0.5) is 0 Å². The Morgan fingerprint density at radius 1 is 1.12 bits per heavy atom. The largest absolute Gasteiger partial charge is 0.355 e. The maximum absolute atomic E-state index is 12.6. The van der Waals surface area contributed by atoms with Gasteiger partial charge < -0.3 is 9.88 Å². The van der Waals surface area contributed by atoms with E-state index in [1.807, 2.05) is 36.4 Å². The number of hydrogen-bond acceptors (Lipinski definition) is 2. The van der Waals surface area contributed by atoms with Crippen molar-refractivity contribution in [2.45, 2.75) is 39.2 Å². The van der Waals surface area contributed by atoms with Gasteiger partial charge in [0, 0.05) is 25.4 Å². The number of pyridine rings is 1. The van der Waals surface area contributed by atoms with Crippen molar-refractivity contribution in [2.75, 3.05) is 6.54 Å². The molecule has 2 aromatic rings. The molecule has 0 bridgehead atoms. The first kappa shape index (κ1) is 18.0. The molecule has 128 valence electrons. The van der Waals surface area contributed by atoms with E-state index in [0.717, 1.165) is 18.4 Å². The molecule has 0 aliphatic heterocycles. The second-order valence-electron chi connectivity index (χ2n) is 6.15. The first-order chi connectivity index (χ1) is 11.6. The van der Waals surface area contributed by atoms with Crippen molar-refractivity contribution in [2.24, 2.45) is 5.92 Å². The molecular weight excluding hydrogens is 300 g/mol. The molecule has 2 atom stereocenters. The summed E-state index contributed by atoms with van der Waals surface area (Å²) in [6.45, 7) is 5.40. The maximum atomic E-state index is 12.6. The smallest absolute Gasteiger partial charge is 0.250 e. The lowest BCUT2D eigenvalue weighted by atomic mass is 9.85. The second kappa shape index (κ2) is 9.06. The third kappa shape index (κ3) is 4.82. The normalized spacial score (nSPS) is 13.2. The van der Waals surface area contributed by atoms with Crippen LogP contribution in [0.3, 0.4) is 0 Å². The van der Waals surface area contributed by atoms with Crippen molar-refractivity contribution < 1.29 is 4.79 Å². The summed E-state index contributed by atoms with van der Waals surface area (Å²) in [5, 5.41) is 3.03. The highest BCUT2D eigenvalue weighted by atomic mass is 16.2. The Bertz CT molecular complexity index is 694. The van der Waals surface area contributed by atoms with Crippen molar-refractivity contribution in [3.63, 3.8) is 0 Å². The quantitative estimate of drug-likeness (QED) is 0.758. The van der Waals surface area contributed by atoms with Crippen LogP contribution in [0.25, 0.3) is 0 Å². The molecule has 4 nitrogen and oxygen atoms in total. The molecule has 0 aliphatic rings. The van der Waals surface area contributed by atoms with Gasteiger partial charge in [0.15, 0.2) is 0 Å². The number of amides is 1. The van der Waals surface area contributed by atoms with Gasteiger partial charge in [0.1, 0.15) is 0 Å². The number of rotatable bonds is 8. The SMILES string of the molecule is CC[C@H](C)[C@@H](C(=O)NCCCn1ccccc1=O)c1ccccc1. The van der Waals surface area contributed by atoms with E-state index in [2.05, 4.69) is 19.2 Å². The number of hydrogen-bond donors (Lipinski definition) is 1. The van der Waals surface area contributed by atoms with Crippen LogP contribution < -0.4 is 10.9 Å². The second-order valence-corrected chi connectivity index (χ2v) is 6.15. The highest BCUT2D eigenvalue weighted by molar-refractivity contribution is 5.83. The van der Waals surface area contributed by atoms with E-state index >= 15 is 0 Å². The third-order valence-corrected chi connectivity index (χ3v) is 4.43. The molecule has 4 heteroatoms. The third-order valence-electron chi connectivity index (χ3n) is 4.43. The van der Waals surface area contributed by atoms with E-state index in [0.29, 0.717) is 13.1 Å². The Kier molecular flexibility index (Phi) is 6.79. The molecule has 1 aromatic heterocycles.